The Balaban J connectivity index is 2.16. The number of unbranched alkanes of at least 4 members (excludes halogenated alkanes) is 1. The summed E-state index contributed by atoms with van der Waals surface area (Å²) in [5, 5.41) is 5.64. The molecule has 3 N–H and O–H groups in total. The molecule has 10 heteroatoms. The summed E-state index contributed by atoms with van der Waals surface area (Å²) in [6.45, 7) is 11.3. The van der Waals surface area contributed by atoms with Crippen LogP contribution < -0.4 is 21.9 Å². The number of hydrogen-bond acceptors (Lipinski definition) is 5. The second-order valence-corrected chi connectivity index (χ2v) is 8.95. The topological polar surface area (TPSA) is 131 Å². The van der Waals surface area contributed by atoms with E-state index < -0.39 is 11.2 Å². The van der Waals surface area contributed by atoms with E-state index in [1.807, 2.05) is 39.2 Å². The van der Waals surface area contributed by atoms with Gasteiger partial charge in [-0.2, -0.15) is 0 Å². The number of aryl methyl sites for hydroxylation is 2. The predicted octanol–water partition coefficient (Wildman–Crippen LogP) is 1.70. The number of carbonyl (C=O) groups is 2. The molecule has 10 nitrogen and oxygen atoms in total. The van der Waals surface area contributed by atoms with Gasteiger partial charge in [0.15, 0.2) is 11.2 Å². The van der Waals surface area contributed by atoms with Gasteiger partial charge in [0.25, 0.3) is 5.56 Å². The largest absolute Gasteiger partial charge is 0.356 e. The van der Waals surface area contributed by atoms with Crippen molar-refractivity contribution in [3.8, 4) is 0 Å². The zero-order chi connectivity index (χ0) is 24.5. The van der Waals surface area contributed by atoms with Crippen LogP contribution in [0.2, 0.25) is 0 Å². The van der Waals surface area contributed by atoms with Crippen molar-refractivity contribution in [2.75, 3.05) is 6.54 Å². The highest BCUT2D eigenvalue weighted by molar-refractivity contribution is 5.79. The van der Waals surface area contributed by atoms with Gasteiger partial charge in [-0.25, -0.2) is 9.78 Å². The highest BCUT2D eigenvalue weighted by Gasteiger charge is 2.19. The van der Waals surface area contributed by atoms with E-state index in [9.17, 15) is 19.2 Å². The molecule has 0 fully saturated rings. The van der Waals surface area contributed by atoms with Crippen molar-refractivity contribution in [1.82, 2.24) is 29.7 Å². The molecule has 0 saturated carbocycles. The van der Waals surface area contributed by atoms with Crippen molar-refractivity contribution in [2.24, 2.45) is 5.92 Å². The molecule has 33 heavy (non-hydrogen) atoms. The molecule has 184 valence electrons. The van der Waals surface area contributed by atoms with Crippen molar-refractivity contribution in [2.45, 2.75) is 92.3 Å². The fraction of sp³-hybridized carbons (Fsp3) is 0.696. The number of rotatable bonds is 13. The SMILES string of the molecule is CCCCn1c(=O)[nH]c(=O)c2c1nc(CCC(=O)NCCC(=O)NC(C)CC)n2CC(C)C. The highest BCUT2D eigenvalue weighted by Crippen LogP contribution is 2.16. The minimum atomic E-state index is -0.463. The maximum absolute atomic E-state index is 12.6. The second-order valence-electron chi connectivity index (χ2n) is 8.95. The van der Waals surface area contributed by atoms with Gasteiger partial charge in [-0.05, 0) is 25.7 Å². The summed E-state index contributed by atoms with van der Waals surface area (Å²) < 4.78 is 3.34. The molecule has 0 saturated heterocycles. The van der Waals surface area contributed by atoms with Crippen LogP contribution in [0, 0.1) is 5.92 Å². The summed E-state index contributed by atoms with van der Waals surface area (Å²) in [5.41, 5.74) is -0.180. The fourth-order valence-electron chi connectivity index (χ4n) is 3.57. The summed E-state index contributed by atoms with van der Waals surface area (Å²) >= 11 is 0. The predicted molar refractivity (Wildman–Crippen MR) is 128 cm³/mol. The first-order valence-corrected chi connectivity index (χ1v) is 12.0. The lowest BCUT2D eigenvalue weighted by atomic mass is 10.2. The van der Waals surface area contributed by atoms with Crippen LogP contribution in [0.4, 0.5) is 0 Å². The molecule has 2 aromatic heterocycles. The molecule has 0 aliphatic heterocycles. The maximum atomic E-state index is 12.6. The van der Waals surface area contributed by atoms with Gasteiger partial charge < -0.3 is 15.2 Å². The van der Waals surface area contributed by atoms with Gasteiger partial charge in [-0.15, -0.1) is 0 Å². The third-order valence-electron chi connectivity index (χ3n) is 5.52. The Morgan fingerprint density at radius 3 is 2.42 bits per heavy atom. The number of carbonyl (C=O) groups excluding carboxylic acids is 2. The quantitative estimate of drug-likeness (QED) is 0.417. The lowest BCUT2D eigenvalue weighted by Crippen LogP contribution is -2.35. The van der Waals surface area contributed by atoms with E-state index in [4.69, 9.17) is 0 Å². The molecule has 0 aromatic carbocycles. The maximum Gasteiger partial charge on any atom is 0.330 e. The van der Waals surface area contributed by atoms with Crippen LogP contribution in [-0.2, 0) is 29.1 Å². The van der Waals surface area contributed by atoms with Gasteiger partial charge in [-0.3, -0.25) is 23.9 Å². The molecular weight excluding hydrogens is 424 g/mol. The Morgan fingerprint density at radius 1 is 1.06 bits per heavy atom. The van der Waals surface area contributed by atoms with Crippen LogP contribution in [0.15, 0.2) is 9.59 Å². The molecule has 1 atom stereocenters. The van der Waals surface area contributed by atoms with Gasteiger partial charge in [0.1, 0.15) is 5.82 Å². The van der Waals surface area contributed by atoms with Crippen LogP contribution in [0.5, 0.6) is 0 Å². The van der Waals surface area contributed by atoms with E-state index in [0.717, 1.165) is 19.3 Å². The molecular formula is C23H38N6O4. The van der Waals surface area contributed by atoms with Crippen molar-refractivity contribution in [1.29, 1.82) is 0 Å². The van der Waals surface area contributed by atoms with Gasteiger partial charge in [0, 0.05) is 44.9 Å². The number of H-pyrrole nitrogens is 1. The minimum absolute atomic E-state index is 0.0901. The lowest BCUT2D eigenvalue weighted by Gasteiger charge is -2.12. The highest BCUT2D eigenvalue weighted by atomic mass is 16.2. The zero-order valence-corrected chi connectivity index (χ0v) is 20.5. The van der Waals surface area contributed by atoms with Crippen LogP contribution in [0.3, 0.4) is 0 Å². The third-order valence-corrected chi connectivity index (χ3v) is 5.52. The normalized spacial score (nSPS) is 12.3. The number of aromatic nitrogens is 4. The first-order chi connectivity index (χ1) is 15.7. The molecule has 0 bridgehead atoms. The van der Waals surface area contributed by atoms with E-state index in [0.29, 0.717) is 36.5 Å². The third kappa shape index (κ3) is 7.30. The summed E-state index contributed by atoms with van der Waals surface area (Å²) in [4.78, 5) is 56.3. The van der Waals surface area contributed by atoms with Crippen molar-refractivity contribution in [3.63, 3.8) is 0 Å². The van der Waals surface area contributed by atoms with Crippen LogP contribution in [0.25, 0.3) is 11.2 Å². The Bertz CT molecular complexity index is 1070. The average Bonchev–Trinajstić information content (AvgIpc) is 3.09. The molecule has 2 amide bonds. The van der Waals surface area contributed by atoms with E-state index in [1.165, 1.54) is 4.57 Å². The molecule has 2 rings (SSSR count). The fourth-order valence-corrected chi connectivity index (χ4v) is 3.57. The summed E-state index contributed by atoms with van der Waals surface area (Å²) in [7, 11) is 0. The number of hydrogen-bond donors (Lipinski definition) is 3. The first kappa shape index (κ1) is 26.3. The van der Waals surface area contributed by atoms with Gasteiger partial charge in [0.2, 0.25) is 11.8 Å². The standard InChI is InChI=1S/C23H38N6O4/c1-6-8-13-28-21-20(22(32)27-23(28)33)29(14-15(3)4)17(26-21)9-10-18(30)24-12-11-19(31)25-16(5)7-2/h15-16H,6-14H2,1-5H3,(H,24,30)(H,25,31)(H,27,32,33). The van der Waals surface area contributed by atoms with Crippen LogP contribution in [-0.4, -0.2) is 43.5 Å². The molecule has 0 aliphatic rings. The van der Waals surface area contributed by atoms with Crippen LogP contribution in [0.1, 0.15) is 72.5 Å². The lowest BCUT2D eigenvalue weighted by molar-refractivity contribution is -0.122. The van der Waals surface area contributed by atoms with Crippen LogP contribution >= 0.6 is 0 Å². The minimum Gasteiger partial charge on any atom is -0.356 e. The van der Waals surface area contributed by atoms with Crippen molar-refractivity contribution >= 4 is 23.0 Å². The van der Waals surface area contributed by atoms with Gasteiger partial charge >= 0.3 is 5.69 Å². The first-order valence-electron chi connectivity index (χ1n) is 12.0. The molecule has 0 radical (unpaired) electrons. The van der Waals surface area contributed by atoms with E-state index in [1.54, 1.807) is 0 Å². The number of fused-ring (bicyclic) bond motifs is 1. The average molecular weight is 463 g/mol. The van der Waals surface area contributed by atoms with E-state index in [2.05, 4.69) is 20.6 Å². The Hall–Kier alpha value is -2.91. The molecule has 0 aliphatic carbocycles. The Labute approximate surface area is 194 Å². The molecule has 1 unspecified atom stereocenters. The number of amides is 2. The number of nitrogens with one attached hydrogen (secondary N) is 3. The summed E-state index contributed by atoms with van der Waals surface area (Å²) in [6, 6.07) is 0.111. The number of aromatic amines is 1. The Kier molecular flexibility index (Phi) is 9.87. The van der Waals surface area contributed by atoms with Gasteiger partial charge in [-0.1, -0.05) is 34.1 Å². The zero-order valence-electron chi connectivity index (χ0n) is 20.5. The van der Waals surface area contributed by atoms with Crippen molar-refractivity contribution in [3.05, 3.63) is 26.7 Å². The summed E-state index contributed by atoms with van der Waals surface area (Å²) in [5.74, 6) is 0.568. The smallest absolute Gasteiger partial charge is 0.330 e. The monoisotopic (exact) mass is 462 g/mol. The van der Waals surface area contributed by atoms with E-state index >= 15 is 0 Å². The van der Waals surface area contributed by atoms with E-state index in [-0.39, 0.29) is 43.2 Å². The summed E-state index contributed by atoms with van der Waals surface area (Å²) in [6.07, 6.45) is 3.27. The van der Waals surface area contributed by atoms with Gasteiger partial charge in [0.05, 0.1) is 0 Å². The number of nitrogens with zero attached hydrogens (tertiary/aromatic N) is 3. The Morgan fingerprint density at radius 2 is 1.79 bits per heavy atom. The van der Waals surface area contributed by atoms with Crippen molar-refractivity contribution < 1.29 is 9.59 Å². The second kappa shape index (κ2) is 12.4. The molecule has 2 heterocycles. The number of imidazole rings is 1. The molecule has 0 spiro atoms. The molecule has 2 aromatic rings.